The molecule has 3 nitrogen and oxygen atoms in total. The average Bonchev–Trinajstić information content (AvgIpc) is 2.28. The number of amides is 1. The smallest absolute Gasteiger partial charge is 0.251 e. The van der Waals surface area contributed by atoms with E-state index in [1.54, 1.807) is 0 Å². The van der Waals surface area contributed by atoms with Crippen molar-refractivity contribution in [2.24, 2.45) is 0 Å². The molecule has 1 aromatic rings. The molecule has 1 amide bonds. The summed E-state index contributed by atoms with van der Waals surface area (Å²) in [5.74, 6) is 0.0110. The normalized spacial score (nSPS) is 28.7. The maximum absolute atomic E-state index is 12.0. The summed E-state index contributed by atoms with van der Waals surface area (Å²) in [6.07, 6.45) is 2.23. The van der Waals surface area contributed by atoms with Crippen molar-refractivity contribution in [2.45, 2.75) is 44.9 Å². The van der Waals surface area contributed by atoms with E-state index in [2.05, 4.69) is 19.2 Å². The molecule has 1 N–H and O–H groups in total. The van der Waals surface area contributed by atoms with Crippen LogP contribution in [0.3, 0.4) is 0 Å². The van der Waals surface area contributed by atoms with E-state index < -0.39 is 0 Å². The summed E-state index contributed by atoms with van der Waals surface area (Å²) < 4.78 is 5.65. The lowest BCUT2D eigenvalue weighted by Gasteiger charge is -2.32. The molecule has 0 bridgehead atoms. The summed E-state index contributed by atoms with van der Waals surface area (Å²) in [6, 6.07) is 9.56. The number of carbonyl (C=O) groups is 1. The van der Waals surface area contributed by atoms with Crippen LogP contribution in [-0.4, -0.2) is 24.2 Å². The lowest BCUT2D eigenvalue weighted by atomic mass is 9.99. The zero-order valence-corrected chi connectivity index (χ0v) is 10.3. The van der Waals surface area contributed by atoms with Crippen LogP contribution in [0.25, 0.3) is 0 Å². The third-order valence-corrected chi connectivity index (χ3v) is 3.07. The van der Waals surface area contributed by atoms with Crippen LogP contribution in [0.1, 0.15) is 37.0 Å². The quantitative estimate of drug-likeness (QED) is 0.851. The first-order valence-corrected chi connectivity index (χ1v) is 6.16. The van der Waals surface area contributed by atoms with Crippen LogP contribution in [0.4, 0.5) is 0 Å². The second-order valence-corrected chi connectivity index (χ2v) is 4.77. The topological polar surface area (TPSA) is 38.3 Å². The minimum Gasteiger partial charge on any atom is -0.375 e. The molecule has 1 saturated heterocycles. The lowest BCUT2D eigenvalue weighted by Crippen LogP contribution is -2.43. The summed E-state index contributed by atoms with van der Waals surface area (Å²) in [5.41, 5.74) is 0.722. The predicted molar refractivity (Wildman–Crippen MR) is 66.9 cm³/mol. The van der Waals surface area contributed by atoms with Crippen molar-refractivity contribution < 1.29 is 9.53 Å². The van der Waals surface area contributed by atoms with E-state index in [1.807, 2.05) is 30.3 Å². The number of hydrogen-bond acceptors (Lipinski definition) is 2. The summed E-state index contributed by atoms with van der Waals surface area (Å²) in [6.45, 7) is 4.11. The number of ether oxygens (including phenoxy) is 1. The van der Waals surface area contributed by atoms with Crippen molar-refractivity contribution in [1.82, 2.24) is 5.32 Å². The van der Waals surface area contributed by atoms with Crippen LogP contribution in [0.5, 0.6) is 0 Å². The first kappa shape index (κ1) is 12.1. The Morgan fingerprint density at radius 2 is 1.76 bits per heavy atom. The van der Waals surface area contributed by atoms with Gasteiger partial charge < -0.3 is 10.1 Å². The molecule has 2 rings (SSSR count). The molecule has 3 heteroatoms. The molecule has 1 aliphatic heterocycles. The minimum absolute atomic E-state index is 0.0110. The Morgan fingerprint density at radius 3 is 2.35 bits per heavy atom. The highest BCUT2D eigenvalue weighted by Crippen LogP contribution is 2.19. The molecular weight excluding hydrogens is 214 g/mol. The van der Waals surface area contributed by atoms with Gasteiger partial charge in [0.1, 0.15) is 0 Å². The fourth-order valence-corrected chi connectivity index (χ4v) is 2.38. The van der Waals surface area contributed by atoms with E-state index in [1.165, 1.54) is 0 Å². The molecule has 0 radical (unpaired) electrons. The molecule has 17 heavy (non-hydrogen) atoms. The summed E-state index contributed by atoms with van der Waals surface area (Å²) >= 11 is 0. The monoisotopic (exact) mass is 233 g/mol. The molecule has 3 atom stereocenters. The van der Waals surface area contributed by atoms with Crippen LogP contribution in [0.15, 0.2) is 30.3 Å². The van der Waals surface area contributed by atoms with E-state index in [4.69, 9.17) is 4.74 Å². The number of benzene rings is 1. The number of hydrogen-bond donors (Lipinski definition) is 1. The SMILES string of the molecule is C[C@@H]1CC(NC(=O)c2ccccc2)C[C@H](C)O1. The third kappa shape index (κ3) is 3.30. The Kier molecular flexibility index (Phi) is 3.79. The Bertz CT molecular complexity index is 367. The molecule has 0 aliphatic carbocycles. The zero-order chi connectivity index (χ0) is 12.3. The second kappa shape index (κ2) is 5.32. The van der Waals surface area contributed by atoms with Crippen LogP contribution in [0.2, 0.25) is 0 Å². The number of nitrogens with one attached hydrogen (secondary N) is 1. The van der Waals surface area contributed by atoms with Crippen LogP contribution >= 0.6 is 0 Å². The first-order chi connectivity index (χ1) is 8.15. The summed E-state index contributed by atoms with van der Waals surface area (Å²) in [7, 11) is 0. The van der Waals surface area contributed by atoms with Gasteiger partial charge in [0.15, 0.2) is 0 Å². The zero-order valence-electron chi connectivity index (χ0n) is 10.3. The van der Waals surface area contributed by atoms with Gasteiger partial charge in [-0.15, -0.1) is 0 Å². The Labute approximate surface area is 102 Å². The highest BCUT2D eigenvalue weighted by molar-refractivity contribution is 5.94. The molecule has 0 spiro atoms. The molecular formula is C14H19NO2. The maximum Gasteiger partial charge on any atom is 0.251 e. The molecule has 92 valence electrons. The Balaban J connectivity index is 1.95. The molecule has 1 unspecified atom stereocenters. The highest BCUT2D eigenvalue weighted by atomic mass is 16.5. The molecule has 0 aromatic heterocycles. The first-order valence-electron chi connectivity index (χ1n) is 6.16. The molecule has 1 aromatic carbocycles. The van der Waals surface area contributed by atoms with Gasteiger partial charge in [0.05, 0.1) is 12.2 Å². The van der Waals surface area contributed by atoms with E-state index in [0.717, 1.165) is 18.4 Å². The van der Waals surface area contributed by atoms with Crippen molar-refractivity contribution in [2.75, 3.05) is 0 Å². The van der Waals surface area contributed by atoms with Gasteiger partial charge in [0.25, 0.3) is 5.91 Å². The van der Waals surface area contributed by atoms with Crippen LogP contribution < -0.4 is 5.32 Å². The van der Waals surface area contributed by atoms with Crippen molar-refractivity contribution in [3.8, 4) is 0 Å². The van der Waals surface area contributed by atoms with E-state index in [-0.39, 0.29) is 24.2 Å². The highest BCUT2D eigenvalue weighted by Gasteiger charge is 2.25. The van der Waals surface area contributed by atoms with Crippen LogP contribution in [0, 0.1) is 0 Å². The summed E-state index contributed by atoms with van der Waals surface area (Å²) in [5, 5.41) is 3.08. The fraction of sp³-hybridized carbons (Fsp3) is 0.500. The Hall–Kier alpha value is -1.35. The van der Waals surface area contributed by atoms with Gasteiger partial charge in [0, 0.05) is 11.6 Å². The minimum atomic E-state index is 0.0110. The van der Waals surface area contributed by atoms with Gasteiger partial charge in [-0.1, -0.05) is 18.2 Å². The summed E-state index contributed by atoms with van der Waals surface area (Å²) in [4.78, 5) is 12.0. The van der Waals surface area contributed by atoms with Gasteiger partial charge in [-0.05, 0) is 38.8 Å². The van der Waals surface area contributed by atoms with Gasteiger partial charge >= 0.3 is 0 Å². The maximum atomic E-state index is 12.0. The number of rotatable bonds is 2. The molecule has 1 heterocycles. The average molecular weight is 233 g/mol. The second-order valence-electron chi connectivity index (χ2n) is 4.77. The molecule has 1 fully saturated rings. The van der Waals surface area contributed by atoms with Crippen LogP contribution in [-0.2, 0) is 4.74 Å². The predicted octanol–water partition coefficient (Wildman–Crippen LogP) is 2.37. The van der Waals surface area contributed by atoms with Crippen molar-refractivity contribution in [1.29, 1.82) is 0 Å². The van der Waals surface area contributed by atoms with Crippen molar-refractivity contribution >= 4 is 5.91 Å². The van der Waals surface area contributed by atoms with E-state index in [9.17, 15) is 4.79 Å². The van der Waals surface area contributed by atoms with Gasteiger partial charge in [0.2, 0.25) is 0 Å². The van der Waals surface area contributed by atoms with E-state index >= 15 is 0 Å². The van der Waals surface area contributed by atoms with Gasteiger partial charge in [-0.25, -0.2) is 0 Å². The van der Waals surface area contributed by atoms with E-state index in [0.29, 0.717) is 0 Å². The lowest BCUT2D eigenvalue weighted by molar-refractivity contribution is -0.0408. The van der Waals surface area contributed by atoms with Gasteiger partial charge in [-0.2, -0.15) is 0 Å². The van der Waals surface area contributed by atoms with Crippen molar-refractivity contribution in [3.05, 3.63) is 35.9 Å². The standard InChI is InChI=1S/C14H19NO2/c1-10-8-13(9-11(2)17-10)15-14(16)12-6-4-3-5-7-12/h3-7,10-11,13H,8-9H2,1-2H3,(H,15,16)/t10-,11+,13?. The largest absolute Gasteiger partial charge is 0.375 e. The fourth-order valence-electron chi connectivity index (χ4n) is 2.38. The molecule has 1 aliphatic rings. The van der Waals surface area contributed by atoms with Crippen molar-refractivity contribution in [3.63, 3.8) is 0 Å². The Morgan fingerprint density at radius 1 is 1.18 bits per heavy atom. The number of carbonyl (C=O) groups excluding carboxylic acids is 1. The van der Waals surface area contributed by atoms with Gasteiger partial charge in [-0.3, -0.25) is 4.79 Å². The third-order valence-electron chi connectivity index (χ3n) is 3.07. The molecule has 0 saturated carbocycles.